The van der Waals surface area contributed by atoms with Crippen LogP contribution >= 0.6 is 11.6 Å². The van der Waals surface area contributed by atoms with Gasteiger partial charge in [0, 0.05) is 11.1 Å². The first-order valence-electron chi connectivity index (χ1n) is 6.22. The summed E-state index contributed by atoms with van der Waals surface area (Å²) in [6.07, 6.45) is 5.24. The molecule has 1 aromatic rings. The molecule has 0 spiro atoms. The molecular weight excluding hydrogens is 218 g/mol. The number of hydrogen-bond donors (Lipinski definition) is 1. The van der Waals surface area contributed by atoms with Crippen molar-refractivity contribution >= 4 is 11.6 Å². The molecule has 88 valence electrons. The van der Waals surface area contributed by atoms with E-state index < -0.39 is 0 Å². The molecule has 1 aliphatic carbocycles. The molecule has 0 radical (unpaired) electrons. The van der Waals surface area contributed by atoms with E-state index in [-0.39, 0.29) is 0 Å². The van der Waals surface area contributed by atoms with Gasteiger partial charge in [0.25, 0.3) is 0 Å². The molecule has 0 aliphatic heterocycles. The van der Waals surface area contributed by atoms with E-state index in [4.69, 9.17) is 11.6 Å². The Morgan fingerprint density at radius 3 is 2.81 bits per heavy atom. The molecule has 0 saturated heterocycles. The van der Waals surface area contributed by atoms with Gasteiger partial charge in [-0.2, -0.15) is 0 Å². The average molecular weight is 238 g/mol. The Morgan fingerprint density at radius 1 is 1.38 bits per heavy atom. The lowest BCUT2D eigenvalue weighted by atomic mass is 10.1. The predicted octanol–water partition coefficient (Wildman–Crippen LogP) is 3.66. The van der Waals surface area contributed by atoms with E-state index in [1.54, 1.807) is 0 Å². The minimum Gasteiger partial charge on any atom is -0.314 e. The van der Waals surface area contributed by atoms with Gasteiger partial charge in [0.1, 0.15) is 0 Å². The molecular formula is C14H20ClN. The van der Waals surface area contributed by atoms with Crippen LogP contribution in [-0.2, 0) is 6.42 Å². The molecule has 1 aliphatic rings. The maximum atomic E-state index is 6.11. The lowest BCUT2D eigenvalue weighted by Gasteiger charge is -2.13. The molecule has 1 unspecified atom stereocenters. The van der Waals surface area contributed by atoms with Crippen molar-refractivity contribution in [2.75, 3.05) is 6.54 Å². The van der Waals surface area contributed by atoms with Crippen LogP contribution in [-0.4, -0.2) is 12.6 Å². The van der Waals surface area contributed by atoms with Gasteiger partial charge in [0.15, 0.2) is 0 Å². The van der Waals surface area contributed by atoms with Crippen molar-refractivity contribution in [1.29, 1.82) is 0 Å². The monoisotopic (exact) mass is 237 g/mol. The standard InChI is InChI=1S/C14H20ClN/c1-11(10-12-6-7-12)16-9-8-13-4-2-3-5-14(13)15/h2-5,11-12,16H,6-10H2,1H3. The number of hydrogen-bond acceptors (Lipinski definition) is 1. The highest BCUT2D eigenvalue weighted by Gasteiger charge is 2.23. The van der Waals surface area contributed by atoms with Gasteiger partial charge in [-0.15, -0.1) is 0 Å². The molecule has 2 rings (SSSR count). The van der Waals surface area contributed by atoms with E-state index in [0.717, 1.165) is 23.9 Å². The maximum absolute atomic E-state index is 6.11. The van der Waals surface area contributed by atoms with Crippen LogP contribution in [0.3, 0.4) is 0 Å². The Morgan fingerprint density at radius 2 is 2.12 bits per heavy atom. The first-order chi connectivity index (χ1) is 7.75. The number of benzene rings is 1. The third kappa shape index (κ3) is 3.80. The smallest absolute Gasteiger partial charge is 0.0438 e. The van der Waals surface area contributed by atoms with Gasteiger partial charge >= 0.3 is 0 Å². The Bertz CT molecular complexity index is 333. The van der Waals surface area contributed by atoms with Crippen molar-refractivity contribution in [1.82, 2.24) is 5.32 Å². The SMILES string of the molecule is CC(CC1CC1)NCCc1ccccc1Cl. The van der Waals surface area contributed by atoms with Crippen molar-refractivity contribution in [2.45, 2.75) is 38.6 Å². The summed E-state index contributed by atoms with van der Waals surface area (Å²) in [5, 5.41) is 4.46. The maximum Gasteiger partial charge on any atom is 0.0438 e. The molecule has 1 atom stereocenters. The normalized spacial score (nSPS) is 17.4. The summed E-state index contributed by atoms with van der Waals surface area (Å²) in [5.41, 5.74) is 1.25. The molecule has 16 heavy (non-hydrogen) atoms. The van der Waals surface area contributed by atoms with Crippen LogP contribution < -0.4 is 5.32 Å². The van der Waals surface area contributed by atoms with E-state index in [1.807, 2.05) is 12.1 Å². The third-order valence-electron chi connectivity index (χ3n) is 3.23. The molecule has 1 aromatic carbocycles. The van der Waals surface area contributed by atoms with Crippen LogP contribution in [0.15, 0.2) is 24.3 Å². The molecule has 0 amide bonds. The Balaban J connectivity index is 1.68. The first kappa shape index (κ1) is 11.9. The van der Waals surface area contributed by atoms with Crippen LogP contribution in [0.4, 0.5) is 0 Å². The van der Waals surface area contributed by atoms with Crippen molar-refractivity contribution in [3.63, 3.8) is 0 Å². The molecule has 2 heteroatoms. The number of halogens is 1. The quantitative estimate of drug-likeness (QED) is 0.796. The Hall–Kier alpha value is -0.530. The summed E-state index contributed by atoms with van der Waals surface area (Å²) < 4.78 is 0. The molecule has 0 bridgehead atoms. The van der Waals surface area contributed by atoms with Gasteiger partial charge in [0.05, 0.1) is 0 Å². The van der Waals surface area contributed by atoms with Crippen LogP contribution in [0.25, 0.3) is 0 Å². The van der Waals surface area contributed by atoms with Crippen LogP contribution in [0.5, 0.6) is 0 Å². The molecule has 1 saturated carbocycles. The van der Waals surface area contributed by atoms with Gasteiger partial charge in [0.2, 0.25) is 0 Å². The van der Waals surface area contributed by atoms with Gasteiger partial charge in [-0.1, -0.05) is 42.6 Å². The van der Waals surface area contributed by atoms with Gasteiger partial charge in [-0.3, -0.25) is 0 Å². The third-order valence-corrected chi connectivity index (χ3v) is 3.60. The minimum absolute atomic E-state index is 0.648. The molecule has 0 heterocycles. The highest BCUT2D eigenvalue weighted by Crippen LogP contribution is 2.33. The van der Waals surface area contributed by atoms with Crippen LogP contribution in [0.1, 0.15) is 31.7 Å². The predicted molar refractivity (Wildman–Crippen MR) is 70.0 cm³/mol. The van der Waals surface area contributed by atoms with Crippen molar-refractivity contribution in [2.24, 2.45) is 5.92 Å². The zero-order chi connectivity index (χ0) is 11.4. The summed E-state index contributed by atoms with van der Waals surface area (Å²) in [6, 6.07) is 8.75. The van der Waals surface area contributed by atoms with Crippen LogP contribution in [0.2, 0.25) is 5.02 Å². The topological polar surface area (TPSA) is 12.0 Å². The van der Waals surface area contributed by atoms with Gasteiger partial charge < -0.3 is 5.32 Å². The summed E-state index contributed by atoms with van der Waals surface area (Å²) in [7, 11) is 0. The van der Waals surface area contributed by atoms with E-state index in [0.29, 0.717) is 6.04 Å². The Labute approximate surface area is 103 Å². The van der Waals surface area contributed by atoms with E-state index in [1.165, 1.54) is 24.8 Å². The highest BCUT2D eigenvalue weighted by atomic mass is 35.5. The average Bonchev–Trinajstić information content (AvgIpc) is 3.05. The van der Waals surface area contributed by atoms with E-state index in [2.05, 4.69) is 24.4 Å². The highest BCUT2D eigenvalue weighted by molar-refractivity contribution is 6.31. The Kier molecular flexibility index (Phi) is 4.25. The van der Waals surface area contributed by atoms with Gasteiger partial charge in [-0.05, 0) is 43.9 Å². The number of rotatable bonds is 6. The first-order valence-corrected chi connectivity index (χ1v) is 6.60. The fourth-order valence-electron chi connectivity index (χ4n) is 2.09. The largest absolute Gasteiger partial charge is 0.314 e. The summed E-state index contributed by atoms with van der Waals surface area (Å²) in [4.78, 5) is 0. The fraction of sp³-hybridized carbons (Fsp3) is 0.571. The summed E-state index contributed by atoms with van der Waals surface area (Å²) >= 11 is 6.11. The zero-order valence-corrected chi connectivity index (χ0v) is 10.6. The van der Waals surface area contributed by atoms with Crippen molar-refractivity contribution < 1.29 is 0 Å². The molecule has 1 nitrogen and oxygen atoms in total. The minimum atomic E-state index is 0.648. The van der Waals surface area contributed by atoms with E-state index in [9.17, 15) is 0 Å². The summed E-state index contributed by atoms with van der Waals surface area (Å²) in [6.45, 7) is 3.31. The van der Waals surface area contributed by atoms with Crippen LogP contribution in [0, 0.1) is 5.92 Å². The molecule has 1 fully saturated rings. The molecule has 0 aromatic heterocycles. The van der Waals surface area contributed by atoms with Crippen molar-refractivity contribution in [3.05, 3.63) is 34.9 Å². The lowest BCUT2D eigenvalue weighted by molar-refractivity contribution is 0.491. The van der Waals surface area contributed by atoms with Crippen molar-refractivity contribution in [3.8, 4) is 0 Å². The zero-order valence-electron chi connectivity index (χ0n) is 9.88. The summed E-state index contributed by atoms with van der Waals surface area (Å²) in [5.74, 6) is 1.00. The second-order valence-electron chi connectivity index (χ2n) is 4.88. The lowest BCUT2D eigenvalue weighted by Crippen LogP contribution is -2.28. The second kappa shape index (κ2) is 5.70. The molecule has 1 N–H and O–H groups in total. The fourth-order valence-corrected chi connectivity index (χ4v) is 2.32. The van der Waals surface area contributed by atoms with Gasteiger partial charge in [-0.25, -0.2) is 0 Å². The second-order valence-corrected chi connectivity index (χ2v) is 5.28. The number of nitrogens with one attached hydrogen (secondary N) is 1. The van der Waals surface area contributed by atoms with E-state index >= 15 is 0 Å².